The molecule has 1 aromatic heterocycles. The van der Waals surface area contributed by atoms with Gasteiger partial charge in [0.25, 0.3) is 0 Å². The van der Waals surface area contributed by atoms with Crippen LogP contribution in [0.1, 0.15) is 24.8 Å². The summed E-state index contributed by atoms with van der Waals surface area (Å²) in [6.07, 6.45) is 6.88. The number of aryl methyl sites for hydroxylation is 1. The van der Waals surface area contributed by atoms with Crippen LogP contribution in [0.25, 0.3) is 0 Å². The highest BCUT2D eigenvalue weighted by atomic mass is 16.1. The minimum Gasteiger partial charge on any atom is -0.371 e. The average Bonchev–Trinajstić information content (AvgIpc) is 2.62. The molecule has 0 spiro atoms. The average molecular weight is 309 g/mol. The number of hydrogen-bond acceptors (Lipinski definition) is 3. The first kappa shape index (κ1) is 15.5. The predicted molar refractivity (Wildman–Crippen MR) is 92.4 cm³/mol. The molecule has 1 saturated heterocycles. The van der Waals surface area contributed by atoms with Gasteiger partial charge in [0, 0.05) is 43.6 Å². The number of pyridine rings is 1. The number of nitrogens with one attached hydrogen (secondary N) is 1. The van der Waals surface area contributed by atoms with Gasteiger partial charge in [0.1, 0.15) is 0 Å². The zero-order valence-electron chi connectivity index (χ0n) is 13.3. The van der Waals surface area contributed by atoms with Gasteiger partial charge >= 0.3 is 0 Å². The third-order valence-corrected chi connectivity index (χ3v) is 4.37. The molecular weight excluding hydrogens is 286 g/mol. The number of para-hydroxylation sites is 1. The first-order valence-electron chi connectivity index (χ1n) is 8.29. The lowest BCUT2D eigenvalue weighted by molar-refractivity contribution is -0.121. The molecule has 0 aliphatic carbocycles. The summed E-state index contributed by atoms with van der Waals surface area (Å²) in [5.74, 6) is 0.153. The fourth-order valence-electron chi connectivity index (χ4n) is 3.03. The van der Waals surface area contributed by atoms with Crippen molar-refractivity contribution in [3.05, 3.63) is 60.4 Å². The Labute approximate surface area is 137 Å². The second-order valence-corrected chi connectivity index (χ2v) is 6.02. The van der Waals surface area contributed by atoms with E-state index in [-0.39, 0.29) is 5.91 Å². The lowest BCUT2D eigenvalue weighted by Gasteiger charge is -2.34. The summed E-state index contributed by atoms with van der Waals surface area (Å²) in [5.41, 5.74) is 2.43. The van der Waals surface area contributed by atoms with E-state index in [0.29, 0.717) is 12.5 Å². The number of aromatic nitrogens is 1. The van der Waals surface area contributed by atoms with Crippen LogP contribution >= 0.6 is 0 Å². The van der Waals surface area contributed by atoms with Gasteiger partial charge in [-0.15, -0.1) is 0 Å². The van der Waals surface area contributed by atoms with Crippen molar-refractivity contribution in [1.29, 1.82) is 0 Å². The smallest absolute Gasteiger partial charge is 0.220 e. The van der Waals surface area contributed by atoms with Gasteiger partial charge in [0.2, 0.25) is 5.91 Å². The van der Waals surface area contributed by atoms with Gasteiger partial charge < -0.3 is 10.2 Å². The summed E-state index contributed by atoms with van der Waals surface area (Å²) in [7, 11) is 0. The van der Waals surface area contributed by atoms with Crippen LogP contribution < -0.4 is 10.2 Å². The number of nitrogens with zero attached hydrogens (tertiary/aromatic N) is 2. The van der Waals surface area contributed by atoms with Crippen LogP contribution in [0, 0.1) is 0 Å². The molecule has 2 heterocycles. The van der Waals surface area contributed by atoms with Crippen molar-refractivity contribution < 1.29 is 4.79 Å². The van der Waals surface area contributed by atoms with E-state index in [1.165, 1.54) is 5.69 Å². The molecular formula is C19H23N3O. The first-order chi connectivity index (χ1) is 11.3. The molecule has 0 saturated carbocycles. The van der Waals surface area contributed by atoms with Crippen molar-refractivity contribution in [3.63, 3.8) is 0 Å². The molecule has 1 fully saturated rings. The topological polar surface area (TPSA) is 45.2 Å². The van der Waals surface area contributed by atoms with E-state index >= 15 is 0 Å². The van der Waals surface area contributed by atoms with Crippen LogP contribution in [0.5, 0.6) is 0 Å². The first-order valence-corrected chi connectivity index (χ1v) is 8.29. The van der Waals surface area contributed by atoms with Crippen LogP contribution in [-0.4, -0.2) is 30.0 Å². The van der Waals surface area contributed by atoms with Gasteiger partial charge in [0.15, 0.2) is 0 Å². The lowest BCUT2D eigenvalue weighted by Crippen LogP contribution is -2.44. The number of carbonyl (C=O) groups excluding carboxylic acids is 1. The van der Waals surface area contributed by atoms with Gasteiger partial charge in [-0.25, -0.2) is 0 Å². The molecule has 1 aromatic carbocycles. The van der Waals surface area contributed by atoms with Crippen LogP contribution in [0.2, 0.25) is 0 Å². The molecule has 4 heteroatoms. The SMILES string of the molecule is O=C(CCc1ccncc1)NC1CCN(c2ccccc2)CC1. The maximum Gasteiger partial charge on any atom is 0.220 e. The van der Waals surface area contributed by atoms with E-state index in [0.717, 1.165) is 37.9 Å². The van der Waals surface area contributed by atoms with E-state index in [1.807, 2.05) is 18.2 Å². The molecule has 120 valence electrons. The van der Waals surface area contributed by atoms with Gasteiger partial charge in [-0.3, -0.25) is 9.78 Å². The van der Waals surface area contributed by atoms with Gasteiger partial charge in [0.05, 0.1) is 0 Å². The van der Waals surface area contributed by atoms with Crippen molar-refractivity contribution in [1.82, 2.24) is 10.3 Å². The van der Waals surface area contributed by atoms with Crippen molar-refractivity contribution in [2.24, 2.45) is 0 Å². The number of piperidine rings is 1. The number of anilines is 1. The Kier molecular flexibility index (Phi) is 5.25. The molecule has 0 radical (unpaired) electrons. The summed E-state index contributed by atoms with van der Waals surface area (Å²) in [4.78, 5) is 18.5. The highest BCUT2D eigenvalue weighted by Crippen LogP contribution is 2.19. The standard InChI is InChI=1S/C19H23N3O/c23-19(7-6-16-8-12-20-13-9-16)21-17-10-14-22(15-11-17)18-4-2-1-3-5-18/h1-5,8-9,12-13,17H,6-7,10-11,14-15H2,(H,21,23). The van der Waals surface area contributed by atoms with Crippen molar-refractivity contribution in [2.75, 3.05) is 18.0 Å². The molecule has 1 amide bonds. The minimum absolute atomic E-state index is 0.153. The number of hydrogen-bond donors (Lipinski definition) is 1. The monoisotopic (exact) mass is 309 g/mol. The molecule has 4 nitrogen and oxygen atoms in total. The number of rotatable bonds is 5. The molecule has 1 aliphatic heterocycles. The normalized spacial score (nSPS) is 15.4. The van der Waals surface area contributed by atoms with Gasteiger partial charge in [-0.1, -0.05) is 18.2 Å². The number of amides is 1. The van der Waals surface area contributed by atoms with Crippen LogP contribution in [0.4, 0.5) is 5.69 Å². The fraction of sp³-hybridized carbons (Fsp3) is 0.368. The summed E-state index contributed by atoms with van der Waals surface area (Å²) in [5, 5.41) is 3.18. The zero-order valence-corrected chi connectivity index (χ0v) is 13.3. The van der Waals surface area contributed by atoms with Crippen molar-refractivity contribution >= 4 is 11.6 Å². The summed E-state index contributed by atoms with van der Waals surface area (Å²) in [6, 6.07) is 14.7. The van der Waals surface area contributed by atoms with Crippen LogP contribution in [0.15, 0.2) is 54.9 Å². The second-order valence-electron chi connectivity index (χ2n) is 6.02. The van der Waals surface area contributed by atoms with Crippen molar-refractivity contribution in [2.45, 2.75) is 31.7 Å². The van der Waals surface area contributed by atoms with E-state index in [4.69, 9.17) is 0 Å². The molecule has 1 aliphatic rings. The summed E-state index contributed by atoms with van der Waals surface area (Å²) >= 11 is 0. The molecule has 2 aromatic rings. The van der Waals surface area contributed by atoms with Gasteiger partial charge in [-0.05, 0) is 49.1 Å². The molecule has 1 N–H and O–H groups in total. The summed E-state index contributed by atoms with van der Waals surface area (Å²) < 4.78 is 0. The van der Waals surface area contributed by atoms with E-state index in [1.54, 1.807) is 12.4 Å². The third-order valence-electron chi connectivity index (χ3n) is 4.37. The highest BCUT2D eigenvalue weighted by molar-refractivity contribution is 5.76. The summed E-state index contributed by atoms with van der Waals surface area (Å²) in [6.45, 7) is 2.00. The Bertz CT molecular complexity index is 607. The van der Waals surface area contributed by atoms with E-state index in [9.17, 15) is 4.79 Å². The largest absolute Gasteiger partial charge is 0.371 e. The molecule has 23 heavy (non-hydrogen) atoms. The van der Waals surface area contributed by atoms with Gasteiger partial charge in [-0.2, -0.15) is 0 Å². The Morgan fingerprint density at radius 1 is 1.09 bits per heavy atom. The fourth-order valence-corrected chi connectivity index (χ4v) is 3.03. The maximum absolute atomic E-state index is 12.1. The maximum atomic E-state index is 12.1. The Hall–Kier alpha value is -2.36. The second kappa shape index (κ2) is 7.77. The quantitative estimate of drug-likeness (QED) is 0.924. The number of benzene rings is 1. The molecule has 0 bridgehead atoms. The highest BCUT2D eigenvalue weighted by Gasteiger charge is 2.20. The Morgan fingerprint density at radius 2 is 1.78 bits per heavy atom. The Balaban J connectivity index is 1.41. The van der Waals surface area contributed by atoms with E-state index in [2.05, 4.69) is 39.5 Å². The lowest BCUT2D eigenvalue weighted by atomic mass is 10.0. The van der Waals surface area contributed by atoms with Crippen molar-refractivity contribution in [3.8, 4) is 0 Å². The molecule has 0 unspecified atom stereocenters. The van der Waals surface area contributed by atoms with E-state index < -0.39 is 0 Å². The Morgan fingerprint density at radius 3 is 2.48 bits per heavy atom. The third kappa shape index (κ3) is 4.55. The predicted octanol–water partition coefficient (Wildman–Crippen LogP) is 2.80. The van der Waals surface area contributed by atoms with Crippen LogP contribution in [0.3, 0.4) is 0 Å². The number of carbonyl (C=O) groups is 1. The van der Waals surface area contributed by atoms with Crippen LogP contribution in [-0.2, 0) is 11.2 Å². The zero-order chi connectivity index (χ0) is 15.9. The minimum atomic E-state index is 0.153. The molecule has 0 atom stereocenters. The molecule has 3 rings (SSSR count).